The van der Waals surface area contributed by atoms with Crippen molar-refractivity contribution in [3.05, 3.63) is 71.8 Å². The summed E-state index contributed by atoms with van der Waals surface area (Å²) in [4.78, 5) is 25.2. The van der Waals surface area contributed by atoms with Crippen LogP contribution in [0.3, 0.4) is 0 Å². The molecular formula is C21H18O4. The van der Waals surface area contributed by atoms with Crippen molar-refractivity contribution in [2.75, 3.05) is 13.7 Å². The molecule has 3 rings (SSSR count). The van der Waals surface area contributed by atoms with Crippen LogP contribution in [-0.2, 0) is 9.47 Å². The summed E-state index contributed by atoms with van der Waals surface area (Å²) in [6.07, 6.45) is 0. The standard InChI is InChI=1S/C21H18O4/c1-3-25-21(23)19-16-13-9-5-8-12-15(16)18(20(22)24-2)17(19)14-10-6-4-7-11-14/h4-13H,3H2,1-2H3. The lowest BCUT2D eigenvalue weighted by Crippen LogP contribution is -2.07. The summed E-state index contributed by atoms with van der Waals surface area (Å²) < 4.78 is 10.3. The Morgan fingerprint density at radius 1 is 0.800 bits per heavy atom. The van der Waals surface area contributed by atoms with E-state index in [0.717, 1.165) is 5.56 Å². The molecule has 126 valence electrons. The van der Waals surface area contributed by atoms with Gasteiger partial charge in [-0.25, -0.2) is 9.59 Å². The number of carbonyl (C=O) groups is 2. The molecular weight excluding hydrogens is 316 g/mol. The first kappa shape index (κ1) is 16.7. The molecule has 4 heteroatoms. The second-order valence-corrected chi connectivity index (χ2v) is 5.44. The quantitative estimate of drug-likeness (QED) is 0.663. The molecule has 25 heavy (non-hydrogen) atoms. The monoisotopic (exact) mass is 334 g/mol. The number of fused-ring (bicyclic) bond motifs is 1. The molecule has 0 aromatic heterocycles. The molecule has 0 radical (unpaired) electrons. The van der Waals surface area contributed by atoms with Crippen LogP contribution >= 0.6 is 0 Å². The average molecular weight is 334 g/mol. The van der Waals surface area contributed by atoms with Crippen LogP contribution in [0.25, 0.3) is 22.3 Å². The Labute approximate surface area is 146 Å². The minimum atomic E-state index is -0.481. The van der Waals surface area contributed by atoms with Crippen molar-refractivity contribution in [2.24, 2.45) is 0 Å². The van der Waals surface area contributed by atoms with Crippen molar-refractivity contribution in [2.45, 2.75) is 6.92 Å². The maximum absolute atomic E-state index is 12.7. The molecule has 2 aliphatic rings. The zero-order valence-corrected chi connectivity index (χ0v) is 14.1. The molecule has 1 aromatic rings. The first-order chi connectivity index (χ1) is 12.2. The van der Waals surface area contributed by atoms with Gasteiger partial charge in [0.2, 0.25) is 0 Å². The molecule has 1 aromatic carbocycles. The number of carbonyl (C=O) groups excluding carboxylic acids is 2. The second kappa shape index (κ2) is 7.18. The molecule has 0 amide bonds. The van der Waals surface area contributed by atoms with Crippen LogP contribution in [0.1, 0.15) is 27.6 Å². The highest BCUT2D eigenvalue weighted by Crippen LogP contribution is 2.43. The molecule has 0 heterocycles. The van der Waals surface area contributed by atoms with Gasteiger partial charge in [-0.3, -0.25) is 0 Å². The maximum atomic E-state index is 12.7. The molecule has 0 saturated heterocycles. The molecule has 0 fully saturated rings. The van der Waals surface area contributed by atoms with Gasteiger partial charge in [0.1, 0.15) is 0 Å². The lowest BCUT2D eigenvalue weighted by molar-refractivity contribution is 0.0528. The zero-order chi connectivity index (χ0) is 17.8. The largest absolute Gasteiger partial charge is 0.465 e. The van der Waals surface area contributed by atoms with Crippen molar-refractivity contribution >= 4 is 11.9 Å². The number of hydrogen-bond acceptors (Lipinski definition) is 4. The lowest BCUT2D eigenvalue weighted by Gasteiger charge is -2.07. The minimum absolute atomic E-state index is 0.256. The molecule has 4 nitrogen and oxygen atoms in total. The lowest BCUT2D eigenvalue weighted by atomic mass is 10.0. The number of esters is 2. The van der Waals surface area contributed by atoms with E-state index in [1.165, 1.54) is 7.11 Å². The Morgan fingerprint density at radius 2 is 1.32 bits per heavy atom. The molecule has 0 saturated carbocycles. The highest BCUT2D eigenvalue weighted by atomic mass is 16.5. The summed E-state index contributed by atoms with van der Waals surface area (Å²) in [6, 6.07) is 18.5. The van der Waals surface area contributed by atoms with E-state index in [4.69, 9.17) is 9.47 Å². The molecule has 2 aliphatic carbocycles. The Hall–Kier alpha value is -3.14. The van der Waals surface area contributed by atoms with Crippen LogP contribution in [0.15, 0.2) is 60.7 Å². The van der Waals surface area contributed by atoms with E-state index >= 15 is 0 Å². The van der Waals surface area contributed by atoms with Gasteiger partial charge in [-0.15, -0.1) is 0 Å². The predicted octanol–water partition coefficient (Wildman–Crippen LogP) is 4.42. The van der Waals surface area contributed by atoms with Gasteiger partial charge in [-0.2, -0.15) is 0 Å². The number of benzene rings is 1. The van der Waals surface area contributed by atoms with E-state index in [1.54, 1.807) is 6.92 Å². The predicted molar refractivity (Wildman–Crippen MR) is 95.8 cm³/mol. The van der Waals surface area contributed by atoms with Crippen molar-refractivity contribution in [3.8, 4) is 22.3 Å². The first-order valence-corrected chi connectivity index (χ1v) is 8.04. The van der Waals surface area contributed by atoms with Gasteiger partial charge in [0, 0.05) is 5.56 Å². The van der Waals surface area contributed by atoms with Crippen molar-refractivity contribution < 1.29 is 19.1 Å². The molecule has 0 unspecified atom stereocenters. The molecule has 0 bridgehead atoms. The summed E-state index contributed by atoms with van der Waals surface area (Å²) in [5.41, 5.74) is 3.42. The topological polar surface area (TPSA) is 52.6 Å². The number of rotatable bonds is 4. The van der Waals surface area contributed by atoms with Crippen LogP contribution in [-0.4, -0.2) is 25.7 Å². The Balaban J connectivity index is 2.43. The Morgan fingerprint density at radius 3 is 1.84 bits per heavy atom. The normalized spacial score (nSPS) is 10.5. The summed E-state index contributed by atoms with van der Waals surface area (Å²) in [5.74, 6) is -0.932. The van der Waals surface area contributed by atoms with Crippen LogP contribution in [0.2, 0.25) is 0 Å². The number of hydrogen-bond donors (Lipinski definition) is 0. The Kier molecular flexibility index (Phi) is 4.80. The van der Waals surface area contributed by atoms with Crippen LogP contribution in [0.5, 0.6) is 0 Å². The maximum Gasteiger partial charge on any atom is 0.339 e. The molecule has 0 aliphatic heterocycles. The fourth-order valence-electron chi connectivity index (χ4n) is 3.00. The Bertz CT molecular complexity index is 884. The number of ether oxygens (including phenoxy) is 2. The third-order valence-electron chi connectivity index (χ3n) is 4.01. The van der Waals surface area contributed by atoms with Gasteiger partial charge in [0.25, 0.3) is 0 Å². The van der Waals surface area contributed by atoms with Gasteiger partial charge in [0.15, 0.2) is 0 Å². The number of methoxy groups -OCH3 is 1. The van der Waals surface area contributed by atoms with Gasteiger partial charge in [0.05, 0.1) is 24.8 Å². The summed E-state index contributed by atoms with van der Waals surface area (Å²) >= 11 is 0. The van der Waals surface area contributed by atoms with E-state index in [0.29, 0.717) is 27.8 Å². The van der Waals surface area contributed by atoms with Crippen LogP contribution in [0, 0.1) is 0 Å². The highest BCUT2D eigenvalue weighted by molar-refractivity contribution is 6.16. The van der Waals surface area contributed by atoms with E-state index in [9.17, 15) is 9.59 Å². The van der Waals surface area contributed by atoms with E-state index in [2.05, 4.69) is 0 Å². The zero-order valence-electron chi connectivity index (χ0n) is 14.1. The van der Waals surface area contributed by atoms with Gasteiger partial charge in [-0.05, 0) is 23.6 Å². The smallest absolute Gasteiger partial charge is 0.339 e. The molecule has 0 atom stereocenters. The average Bonchev–Trinajstić information content (AvgIpc) is 2.78. The SMILES string of the molecule is CCOC(=O)c1c2cccccc-2c(C(=O)OC)c1-c1ccccc1. The summed E-state index contributed by atoms with van der Waals surface area (Å²) in [6.45, 7) is 2.01. The third-order valence-corrected chi connectivity index (χ3v) is 4.01. The van der Waals surface area contributed by atoms with Crippen molar-refractivity contribution in [1.82, 2.24) is 0 Å². The van der Waals surface area contributed by atoms with Crippen molar-refractivity contribution in [3.63, 3.8) is 0 Å². The van der Waals surface area contributed by atoms with Gasteiger partial charge < -0.3 is 9.47 Å². The van der Waals surface area contributed by atoms with E-state index in [1.807, 2.05) is 60.7 Å². The van der Waals surface area contributed by atoms with Gasteiger partial charge >= 0.3 is 11.9 Å². The van der Waals surface area contributed by atoms with Crippen molar-refractivity contribution in [1.29, 1.82) is 0 Å². The second-order valence-electron chi connectivity index (χ2n) is 5.44. The van der Waals surface area contributed by atoms with Gasteiger partial charge in [-0.1, -0.05) is 60.7 Å². The fraction of sp³-hybridized carbons (Fsp3) is 0.143. The minimum Gasteiger partial charge on any atom is -0.465 e. The molecule has 0 N–H and O–H groups in total. The highest BCUT2D eigenvalue weighted by Gasteiger charge is 2.32. The van der Waals surface area contributed by atoms with E-state index in [-0.39, 0.29) is 6.61 Å². The third kappa shape index (κ3) is 2.98. The fourth-order valence-corrected chi connectivity index (χ4v) is 3.00. The first-order valence-electron chi connectivity index (χ1n) is 8.04. The van der Waals surface area contributed by atoms with E-state index < -0.39 is 11.9 Å². The summed E-state index contributed by atoms with van der Waals surface area (Å²) in [7, 11) is 1.34. The summed E-state index contributed by atoms with van der Waals surface area (Å²) in [5, 5.41) is 0. The van der Waals surface area contributed by atoms with Crippen LogP contribution < -0.4 is 0 Å². The molecule has 0 spiro atoms. The van der Waals surface area contributed by atoms with Crippen LogP contribution in [0.4, 0.5) is 0 Å².